The summed E-state index contributed by atoms with van der Waals surface area (Å²) in [6.45, 7) is 10.8. The highest BCUT2D eigenvalue weighted by atomic mass is 28.4. The highest BCUT2D eigenvalue weighted by molar-refractivity contribution is 6.73. The molecule has 182 valence electrons. The van der Waals surface area contributed by atoms with Crippen LogP contribution in [0.3, 0.4) is 0 Å². The average Bonchev–Trinajstić information content (AvgIpc) is 3.31. The van der Waals surface area contributed by atoms with Crippen molar-refractivity contribution in [3.63, 3.8) is 0 Å². The molecular formula is C25H30N6O3Si. The van der Waals surface area contributed by atoms with Gasteiger partial charge in [-0.2, -0.15) is 0 Å². The van der Waals surface area contributed by atoms with Crippen LogP contribution in [0.25, 0.3) is 28.6 Å². The van der Waals surface area contributed by atoms with Crippen LogP contribution in [0.15, 0.2) is 55.0 Å². The normalized spacial score (nSPS) is 12.3. The van der Waals surface area contributed by atoms with Crippen LogP contribution in [0, 0.1) is 10.1 Å². The van der Waals surface area contributed by atoms with E-state index >= 15 is 0 Å². The van der Waals surface area contributed by atoms with Gasteiger partial charge in [0.1, 0.15) is 0 Å². The molecule has 35 heavy (non-hydrogen) atoms. The molecule has 1 aromatic carbocycles. The average molecular weight is 491 g/mol. The van der Waals surface area contributed by atoms with Crippen molar-refractivity contribution in [3.8, 4) is 22.8 Å². The Balaban J connectivity index is 1.68. The number of benzene rings is 1. The maximum atomic E-state index is 11.2. The molecule has 3 aromatic heterocycles. The van der Waals surface area contributed by atoms with E-state index in [0.717, 1.165) is 29.5 Å². The molecule has 0 aliphatic heterocycles. The van der Waals surface area contributed by atoms with E-state index < -0.39 is 18.8 Å². The van der Waals surface area contributed by atoms with E-state index in [-0.39, 0.29) is 5.69 Å². The fraction of sp³-hybridized carbons (Fsp3) is 0.360. The summed E-state index contributed by atoms with van der Waals surface area (Å²) in [5.74, 6) is 0.960. The molecule has 0 unspecified atom stereocenters. The Morgan fingerprint density at radius 2 is 1.80 bits per heavy atom. The van der Waals surface area contributed by atoms with Gasteiger partial charge in [0.2, 0.25) is 5.78 Å². The second-order valence-electron chi connectivity index (χ2n) is 9.06. The minimum absolute atomic E-state index is 0.00540. The van der Waals surface area contributed by atoms with Crippen molar-refractivity contribution in [2.75, 3.05) is 0 Å². The molecule has 0 aliphatic carbocycles. The minimum Gasteiger partial charge on any atom is -0.406 e. The van der Waals surface area contributed by atoms with Crippen molar-refractivity contribution in [1.29, 1.82) is 0 Å². The minimum atomic E-state index is -1.83. The topological polar surface area (TPSA) is 108 Å². The summed E-state index contributed by atoms with van der Waals surface area (Å²) in [7, 11) is -1.83. The summed E-state index contributed by atoms with van der Waals surface area (Å²) in [4.78, 5) is 29.0. The highest BCUT2D eigenvalue weighted by Gasteiger charge is 2.37. The second kappa shape index (κ2) is 9.63. The molecule has 0 atom stereocenters. The maximum absolute atomic E-state index is 11.2. The molecule has 0 radical (unpaired) electrons. The Morgan fingerprint density at radius 3 is 2.49 bits per heavy atom. The molecule has 4 aromatic rings. The van der Waals surface area contributed by atoms with Gasteiger partial charge in [-0.15, -0.1) is 0 Å². The van der Waals surface area contributed by atoms with Gasteiger partial charge in [-0.25, -0.2) is 19.9 Å². The number of nitro groups is 1. The van der Waals surface area contributed by atoms with Crippen LogP contribution in [-0.2, 0) is 10.0 Å². The first-order chi connectivity index (χ1) is 16.7. The molecule has 3 heterocycles. The lowest BCUT2D eigenvalue weighted by atomic mass is 10.1. The fourth-order valence-corrected chi connectivity index (χ4v) is 7.47. The number of aromatic nitrogens is 5. The summed E-state index contributed by atoms with van der Waals surface area (Å²) in [5, 5.41) is 11.2. The van der Waals surface area contributed by atoms with E-state index in [0.29, 0.717) is 22.9 Å². The molecule has 0 fully saturated rings. The van der Waals surface area contributed by atoms with Crippen molar-refractivity contribution in [2.45, 2.75) is 58.4 Å². The fourth-order valence-electron chi connectivity index (χ4n) is 4.35. The maximum Gasteiger partial charge on any atom is 0.270 e. The SMILES string of the molecule is CC[Si](CC)(CC)OC(C)(C)c1ccn2c(-c3ccnc(-c4cccc([N+](=O)[O-])c4)n3)cnc2n1. The zero-order valence-corrected chi connectivity index (χ0v) is 21.7. The number of nitrogens with zero attached hydrogens (tertiary/aromatic N) is 6. The van der Waals surface area contributed by atoms with Crippen molar-refractivity contribution in [3.05, 3.63) is 70.8 Å². The smallest absolute Gasteiger partial charge is 0.270 e. The third-order valence-electron chi connectivity index (χ3n) is 6.63. The molecular weight excluding hydrogens is 460 g/mol. The van der Waals surface area contributed by atoms with Crippen LogP contribution in [0.5, 0.6) is 0 Å². The molecule has 0 spiro atoms. The van der Waals surface area contributed by atoms with Gasteiger partial charge in [0.05, 0.1) is 33.8 Å². The Kier molecular flexibility index (Phi) is 6.77. The molecule has 10 heteroatoms. The van der Waals surface area contributed by atoms with Gasteiger partial charge < -0.3 is 4.43 Å². The lowest BCUT2D eigenvalue weighted by Gasteiger charge is -2.37. The molecule has 0 N–H and O–H groups in total. The van der Waals surface area contributed by atoms with Gasteiger partial charge >= 0.3 is 0 Å². The van der Waals surface area contributed by atoms with Crippen LogP contribution in [0.1, 0.15) is 40.3 Å². The number of nitro benzene ring substituents is 1. The van der Waals surface area contributed by atoms with Gasteiger partial charge in [0, 0.05) is 30.1 Å². The predicted molar refractivity (Wildman–Crippen MR) is 137 cm³/mol. The molecule has 9 nitrogen and oxygen atoms in total. The van der Waals surface area contributed by atoms with Gasteiger partial charge in [0.25, 0.3) is 5.69 Å². The quantitative estimate of drug-likeness (QED) is 0.160. The van der Waals surface area contributed by atoms with Crippen LogP contribution in [-0.4, -0.2) is 37.6 Å². The summed E-state index contributed by atoms with van der Waals surface area (Å²) < 4.78 is 8.64. The summed E-state index contributed by atoms with van der Waals surface area (Å²) in [5.41, 5.74) is 2.29. The molecule has 0 amide bonds. The number of fused-ring (bicyclic) bond motifs is 1. The number of hydrogen-bond donors (Lipinski definition) is 0. The third-order valence-corrected chi connectivity index (χ3v) is 11.4. The Labute approximate surface area is 205 Å². The molecule has 0 saturated carbocycles. The highest BCUT2D eigenvalue weighted by Crippen LogP contribution is 2.33. The van der Waals surface area contributed by atoms with E-state index in [1.165, 1.54) is 12.1 Å². The Hall–Kier alpha value is -3.50. The van der Waals surface area contributed by atoms with E-state index in [9.17, 15) is 10.1 Å². The van der Waals surface area contributed by atoms with Crippen molar-refractivity contribution in [1.82, 2.24) is 24.3 Å². The van der Waals surface area contributed by atoms with E-state index in [1.54, 1.807) is 30.6 Å². The molecule has 0 aliphatic rings. The lowest BCUT2D eigenvalue weighted by Crippen LogP contribution is -2.43. The van der Waals surface area contributed by atoms with E-state index in [4.69, 9.17) is 9.41 Å². The molecule has 0 bridgehead atoms. The number of non-ortho nitro benzene ring substituents is 1. The van der Waals surface area contributed by atoms with Gasteiger partial charge in [-0.3, -0.25) is 14.5 Å². The van der Waals surface area contributed by atoms with Gasteiger partial charge in [0.15, 0.2) is 14.1 Å². The monoisotopic (exact) mass is 490 g/mol. The lowest BCUT2D eigenvalue weighted by molar-refractivity contribution is -0.384. The first-order valence-electron chi connectivity index (χ1n) is 11.8. The van der Waals surface area contributed by atoms with Gasteiger partial charge in [-0.1, -0.05) is 32.9 Å². The number of hydrogen-bond acceptors (Lipinski definition) is 7. The van der Waals surface area contributed by atoms with E-state index in [1.807, 2.05) is 16.7 Å². The number of rotatable bonds is 9. The zero-order valence-electron chi connectivity index (χ0n) is 20.7. The number of imidazole rings is 1. The van der Waals surface area contributed by atoms with Crippen LogP contribution < -0.4 is 0 Å². The van der Waals surface area contributed by atoms with Crippen LogP contribution >= 0.6 is 0 Å². The second-order valence-corrected chi connectivity index (χ2v) is 13.7. The third kappa shape index (κ3) is 4.84. The Bertz CT molecular complexity index is 1360. The molecule has 4 rings (SSSR count). The first kappa shape index (κ1) is 24.6. The van der Waals surface area contributed by atoms with Crippen LogP contribution in [0.4, 0.5) is 5.69 Å². The van der Waals surface area contributed by atoms with E-state index in [2.05, 4.69) is 49.6 Å². The summed E-state index contributed by atoms with van der Waals surface area (Å²) >= 11 is 0. The summed E-state index contributed by atoms with van der Waals surface area (Å²) in [6, 6.07) is 13.3. The van der Waals surface area contributed by atoms with Crippen molar-refractivity contribution < 1.29 is 9.35 Å². The summed E-state index contributed by atoms with van der Waals surface area (Å²) in [6.07, 6.45) is 5.30. The predicted octanol–water partition coefficient (Wildman–Crippen LogP) is 6.02. The van der Waals surface area contributed by atoms with Crippen molar-refractivity contribution >= 4 is 19.8 Å². The van der Waals surface area contributed by atoms with Gasteiger partial charge in [-0.05, 0) is 44.1 Å². The largest absolute Gasteiger partial charge is 0.406 e. The Morgan fingerprint density at radius 1 is 1.06 bits per heavy atom. The van der Waals surface area contributed by atoms with Crippen molar-refractivity contribution in [2.24, 2.45) is 0 Å². The first-order valence-corrected chi connectivity index (χ1v) is 14.4. The molecule has 0 saturated heterocycles. The zero-order chi connectivity index (χ0) is 25.2. The van der Waals surface area contributed by atoms with Crippen LogP contribution in [0.2, 0.25) is 18.1 Å². The standard InChI is InChI=1S/C25H30N6O3Si/c1-6-35(7-2,8-3)34-25(4,5)22-13-15-30-21(17-27-24(30)29-22)20-12-14-26-23(28-20)18-10-9-11-19(16-18)31(32)33/h9-17H,6-8H2,1-5H3.